The number of hydrogen-bond donors (Lipinski definition) is 2. The topological polar surface area (TPSA) is 92.3 Å². The maximum Gasteiger partial charge on any atom is 0.234 e. The zero-order valence-electron chi connectivity index (χ0n) is 14.2. The average Bonchev–Trinajstić information content (AvgIpc) is 2.65. The lowest BCUT2D eigenvalue weighted by Crippen LogP contribution is -2.25. The molecular weight excluding hydrogens is 408 g/mol. The van der Waals surface area contributed by atoms with E-state index >= 15 is 0 Å². The number of nitrogens with one attached hydrogen (secondary N) is 2. The van der Waals surface area contributed by atoms with Crippen molar-refractivity contribution in [2.24, 2.45) is 0 Å². The zero-order chi connectivity index (χ0) is 19.4. The summed E-state index contributed by atoms with van der Waals surface area (Å²) < 4.78 is 25.0. The van der Waals surface area contributed by atoms with Gasteiger partial charge in [0.25, 0.3) is 0 Å². The van der Waals surface area contributed by atoms with Crippen molar-refractivity contribution >= 4 is 50.7 Å². The van der Waals surface area contributed by atoms with Crippen LogP contribution in [0.5, 0.6) is 0 Å². The molecule has 27 heavy (non-hydrogen) atoms. The largest absolute Gasteiger partial charge is 0.352 e. The Morgan fingerprint density at radius 2 is 1.93 bits per heavy atom. The van der Waals surface area contributed by atoms with Crippen LogP contribution in [0.3, 0.4) is 0 Å². The van der Waals surface area contributed by atoms with Gasteiger partial charge in [0.2, 0.25) is 11.8 Å². The van der Waals surface area contributed by atoms with Gasteiger partial charge in [-0.1, -0.05) is 23.7 Å². The first kappa shape index (κ1) is 19.7. The van der Waals surface area contributed by atoms with Gasteiger partial charge >= 0.3 is 0 Å². The van der Waals surface area contributed by atoms with E-state index in [-0.39, 0.29) is 34.6 Å². The van der Waals surface area contributed by atoms with Crippen LogP contribution >= 0.6 is 23.4 Å². The van der Waals surface area contributed by atoms with E-state index in [2.05, 4.69) is 10.6 Å². The first-order chi connectivity index (χ1) is 12.8. The number of halogens is 1. The molecule has 0 radical (unpaired) electrons. The second-order valence-corrected chi connectivity index (χ2v) is 9.53. The van der Waals surface area contributed by atoms with Crippen LogP contribution in [0.15, 0.2) is 52.3 Å². The number of amides is 2. The predicted octanol–water partition coefficient (Wildman–Crippen LogP) is 2.86. The highest BCUT2D eigenvalue weighted by atomic mass is 35.5. The molecule has 0 aromatic heterocycles. The third-order valence-corrected chi connectivity index (χ3v) is 6.97. The standard InChI is InChI=1S/C18H17ClN2O4S2/c19-13-3-1-12(2-4-13)10-20-17(22)7-8-27(24,25)14-5-6-15-16(9-14)26-11-18(23)21-15/h1-6,9H,7-8,10-11H2,(H,20,22)(H,21,23). The molecule has 0 spiro atoms. The number of benzene rings is 2. The van der Waals surface area contributed by atoms with E-state index in [0.717, 1.165) is 5.56 Å². The third kappa shape index (κ3) is 5.24. The normalized spacial score (nSPS) is 13.6. The molecule has 1 aliphatic rings. The Morgan fingerprint density at radius 1 is 1.19 bits per heavy atom. The van der Waals surface area contributed by atoms with Crippen molar-refractivity contribution in [2.75, 3.05) is 16.8 Å². The van der Waals surface area contributed by atoms with Gasteiger partial charge in [0.1, 0.15) is 0 Å². The molecule has 2 N–H and O–H groups in total. The number of sulfone groups is 1. The van der Waals surface area contributed by atoms with Gasteiger partial charge in [-0.3, -0.25) is 9.59 Å². The van der Waals surface area contributed by atoms with Gasteiger partial charge in [-0.25, -0.2) is 8.42 Å². The second kappa shape index (κ2) is 8.33. The highest BCUT2D eigenvalue weighted by molar-refractivity contribution is 8.00. The molecule has 0 saturated heterocycles. The summed E-state index contributed by atoms with van der Waals surface area (Å²) in [5, 5.41) is 6.01. The minimum Gasteiger partial charge on any atom is -0.352 e. The summed E-state index contributed by atoms with van der Waals surface area (Å²) in [6, 6.07) is 11.6. The van der Waals surface area contributed by atoms with Gasteiger partial charge in [0.05, 0.1) is 22.1 Å². The molecule has 0 bridgehead atoms. The molecule has 2 aromatic carbocycles. The molecule has 2 aromatic rings. The Hall–Kier alpha value is -2.03. The summed E-state index contributed by atoms with van der Waals surface area (Å²) in [6.07, 6.45) is -0.128. The van der Waals surface area contributed by atoms with Crippen molar-refractivity contribution in [3.63, 3.8) is 0 Å². The Labute approximate surface area is 166 Å². The van der Waals surface area contributed by atoms with E-state index in [1.807, 2.05) is 0 Å². The molecule has 3 rings (SSSR count). The summed E-state index contributed by atoms with van der Waals surface area (Å²) >= 11 is 7.10. The number of hydrogen-bond acceptors (Lipinski definition) is 5. The summed E-state index contributed by atoms with van der Waals surface area (Å²) in [6.45, 7) is 0.311. The lowest BCUT2D eigenvalue weighted by atomic mass is 10.2. The molecule has 0 fully saturated rings. The molecule has 2 amide bonds. The van der Waals surface area contributed by atoms with E-state index in [4.69, 9.17) is 11.6 Å². The molecule has 142 valence electrons. The number of fused-ring (bicyclic) bond motifs is 1. The summed E-state index contributed by atoms with van der Waals surface area (Å²) in [7, 11) is -3.60. The van der Waals surface area contributed by atoms with Gasteiger partial charge in [-0.15, -0.1) is 11.8 Å². The summed E-state index contributed by atoms with van der Waals surface area (Å²) in [4.78, 5) is 24.2. The Bertz CT molecular complexity index is 975. The van der Waals surface area contributed by atoms with Crippen LogP contribution < -0.4 is 10.6 Å². The fourth-order valence-corrected chi connectivity index (χ4v) is 4.79. The maximum absolute atomic E-state index is 12.5. The third-order valence-electron chi connectivity index (χ3n) is 3.95. The molecule has 1 heterocycles. The Morgan fingerprint density at radius 3 is 2.67 bits per heavy atom. The quantitative estimate of drug-likeness (QED) is 0.743. The number of anilines is 1. The van der Waals surface area contributed by atoms with E-state index in [0.29, 0.717) is 22.2 Å². The number of carbonyl (C=O) groups excluding carboxylic acids is 2. The Kier molecular flexibility index (Phi) is 6.08. The smallest absolute Gasteiger partial charge is 0.234 e. The van der Waals surface area contributed by atoms with Crippen molar-refractivity contribution in [3.8, 4) is 0 Å². The minimum atomic E-state index is -3.60. The summed E-state index contributed by atoms with van der Waals surface area (Å²) in [5.41, 5.74) is 1.49. The maximum atomic E-state index is 12.5. The van der Waals surface area contributed by atoms with Crippen molar-refractivity contribution in [2.45, 2.75) is 22.8 Å². The van der Waals surface area contributed by atoms with Crippen LogP contribution in [0.4, 0.5) is 5.69 Å². The second-order valence-electron chi connectivity index (χ2n) is 5.97. The van der Waals surface area contributed by atoms with Crippen molar-refractivity contribution in [1.82, 2.24) is 5.32 Å². The van der Waals surface area contributed by atoms with Crippen molar-refractivity contribution in [3.05, 3.63) is 53.1 Å². The highest BCUT2D eigenvalue weighted by Gasteiger charge is 2.21. The van der Waals surface area contributed by atoms with E-state index in [1.165, 1.54) is 17.8 Å². The fourth-order valence-electron chi connectivity index (χ4n) is 2.48. The van der Waals surface area contributed by atoms with Gasteiger partial charge in [0, 0.05) is 22.9 Å². The lowest BCUT2D eigenvalue weighted by Gasteiger charge is -2.17. The number of carbonyl (C=O) groups is 2. The van der Waals surface area contributed by atoms with Gasteiger partial charge in [-0.2, -0.15) is 0 Å². The van der Waals surface area contributed by atoms with Gasteiger partial charge < -0.3 is 10.6 Å². The molecule has 0 aliphatic carbocycles. The Balaban J connectivity index is 1.57. The number of thioether (sulfide) groups is 1. The molecule has 0 atom stereocenters. The monoisotopic (exact) mass is 424 g/mol. The van der Waals surface area contributed by atoms with Crippen molar-refractivity contribution < 1.29 is 18.0 Å². The van der Waals surface area contributed by atoms with Crippen LogP contribution in [-0.2, 0) is 26.0 Å². The highest BCUT2D eigenvalue weighted by Crippen LogP contribution is 2.33. The fraction of sp³-hybridized carbons (Fsp3) is 0.222. The van der Waals surface area contributed by atoms with Crippen LogP contribution in [0.1, 0.15) is 12.0 Å². The van der Waals surface area contributed by atoms with E-state index < -0.39 is 9.84 Å². The molecule has 0 unspecified atom stereocenters. The van der Waals surface area contributed by atoms with Gasteiger partial charge in [0.15, 0.2) is 9.84 Å². The molecule has 6 nitrogen and oxygen atoms in total. The SMILES string of the molecule is O=C(CCS(=O)(=O)c1ccc2c(c1)SCC(=O)N2)NCc1ccc(Cl)cc1. The first-order valence-electron chi connectivity index (χ1n) is 8.14. The van der Waals surface area contributed by atoms with E-state index in [9.17, 15) is 18.0 Å². The molecule has 0 saturated carbocycles. The zero-order valence-corrected chi connectivity index (χ0v) is 16.6. The number of rotatable bonds is 6. The molecule has 9 heteroatoms. The molecular formula is C18H17ClN2O4S2. The van der Waals surface area contributed by atoms with Crippen LogP contribution in [0.2, 0.25) is 5.02 Å². The molecule has 1 aliphatic heterocycles. The average molecular weight is 425 g/mol. The lowest BCUT2D eigenvalue weighted by molar-refractivity contribution is -0.120. The first-order valence-corrected chi connectivity index (χ1v) is 11.2. The predicted molar refractivity (Wildman–Crippen MR) is 106 cm³/mol. The van der Waals surface area contributed by atoms with Crippen LogP contribution in [0, 0.1) is 0 Å². The van der Waals surface area contributed by atoms with Crippen LogP contribution in [0.25, 0.3) is 0 Å². The van der Waals surface area contributed by atoms with Crippen molar-refractivity contribution in [1.29, 1.82) is 0 Å². The van der Waals surface area contributed by atoms with Crippen LogP contribution in [-0.4, -0.2) is 31.7 Å². The van der Waals surface area contributed by atoms with E-state index in [1.54, 1.807) is 36.4 Å². The summed E-state index contributed by atoms with van der Waals surface area (Å²) in [5.74, 6) is -0.479. The minimum absolute atomic E-state index is 0.111. The van der Waals surface area contributed by atoms with Gasteiger partial charge in [-0.05, 0) is 35.9 Å².